The summed E-state index contributed by atoms with van der Waals surface area (Å²) in [7, 11) is 3.99. The van der Waals surface area contributed by atoms with Crippen molar-refractivity contribution in [3.63, 3.8) is 0 Å². The highest BCUT2D eigenvalue weighted by atomic mass is 35.5. The molecule has 0 atom stereocenters. The van der Waals surface area contributed by atoms with Crippen LogP contribution in [0.15, 0.2) is 42.5 Å². The fourth-order valence-corrected chi connectivity index (χ4v) is 4.18. The maximum atomic E-state index is 13.0. The molecule has 0 amide bonds. The first kappa shape index (κ1) is 27.0. The molecule has 0 radical (unpaired) electrons. The van der Waals surface area contributed by atoms with E-state index in [2.05, 4.69) is 15.3 Å². The second-order valence-electron chi connectivity index (χ2n) is 8.39. The van der Waals surface area contributed by atoms with Crippen LogP contribution in [0.2, 0.25) is 5.02 Å². The molecular weight excluding hydrogens is 435 g/mol. The predicted molar refractivity (Wildman–Crippen MR) is 140 cm³/mol. The Morgan fingerprint density at radius 1 is 1.03 bits per heavy atom. The number of hydrogen-bond donors (Lipinski definition) is 1. The number of fused-ring (bicyclic) bond motifs is 1. The number of aromatic nitrogens is 2. The molecule has 1 heterocycles. The SMILES string of the molecule is CC.Cc1nc(N(C)C)c2ccccc2n1.Fc1ccc(CNCC2CCCCC2)cc1Cl. The Balaban J connectivity index is 0.000000221. The lowest BCUT2D eigenvalue weighted by Gasteiger charge is -2.21. The van der Waals surface area contributed by atoms with Crippen molar-refractivity contribution in [2.45, 2.75) is 59.4 Å². The molecular formula is C27H38ClFN4. The largest absolute Gasteiger partial charge is 0.362 e. The van der Waals surface area contributed by atoms with Gasteiger partial charge in [-0.15, -0.1) is 0 Å². The molecule has 2 aromatic carbocycles. The summed E-state index contributed by atoms with van der Waals surface area (Å²) < 4.78 is 13.0. The third-order valence-electron chi connectivity index (χ3n) is 5.59. The quantitative estimate of drug-likeness (QED) is 0.427. The summed E-state index contributed by atoms with van der Waals surface area (Å²) in [6.07, 6.45) is 6.82. The van der Waals surface area contributed by atoms with Crippen LogP contribution in [0, 0.1) is 18.7 Å². The van der Waals surface area contributed by atoms with Gasteiger partial charge in [-0.05, 0) is 62.1 Å². The van der Waals surface area contributed by atoms with E-state index < -0.39 is 0 Å². The molecule has 1 saturated carbocycles. The number of anilines is 1. The van der Waals surface area contributed by atoms with Crippen molar-refractivity contribution >= 4 is 28.3 Å². The molecule has 6 heteroatoms. The summed E-state index contributed by atoms with van der Waals surface area (Å²) >= 11 is 5.74. The minimum Gasteiger partial charge on any atom is -0.362 e. The Bertz CT molecular complexity index is 987. The standard InChI is InChI=1S/C14H19ClFN.C11H13N3.C2H6/c15-13-8-12(6-7-14(13)16)10-17-9-11-4-2-1-3-5-11;1-8-12-10-7-5-4-6-9(10)11(13-8)14(2)3;1-2/h6-8,11,17H,1-5,9-10H2;4-7H,1-3H3;1-2H3. The summed E-state index contributed by atoms with van der Waals surface area (Å²) in [6, 6.07) is 13.0. The highest BCUT2D eigenvalue weighted by Crippen LogP contribution is 2.23. The minimum absolute atomic E-state index is 0.210. The number of nitrogens with zero attached hydrogens (tertiary/aromatic N) is 3. The molecule has 0 bridgehead atoms. The third-order valence-corrected chi connectivity index (χ3v) is 5.88. The van der Waals surface area contributed by atoms with Gasteiger partial charge in [-0.2, -0.15) is 0 Å². The van der Waals surface area contributed by atoms with E-state index in [-0.39, 0.29) is 10.8 Å². The average Bonchev–Trinajstić information content (AvgIpc) is 2.83. The first-order valence-corrected chi connectivity index (χ1v) is 12.4. The zero-order valence-corrected chi connectivity index (χ0v) is 21.4. The second kappa shape index (κ2) is 14.1. The molecule has 0 unspecified atom stereocenters. The summed E-state index contributed by atoms with van der Waals surface area (Å²) in [5.74, 6) is 2.27. The molecule has 1 fully saturated rings. The van der Waals surface area contributed by atoms with E-state index in [4.69, 9.17) is 11.6 Å². The topological polar surface area (TPSA) is 41.1 Å². The lowest BCUT2D eigenvalue weighted by atomic mass is 9.89. The number of halogens is 2. The monoisotopic (exact) mass is 472 g/mol. The predicted octanol–water partition coefficient (Wildman–Crippen LogP) is 7.18. The summed E-state index contributed by atoms with van der Waals surface area (Å²) in [5, 5.41) is 4.75. The molecule has 0 aliphatic heterocycles. The zero-order chi connectivity index (χ0) is 24.2. The van der Waals surface area contributed by atoms with Gasteiger partial charge in [0.25, 0.3) is 0 Å². The van der Waals surface area contributed by atoms with Crippen LogP contribution in [0.3, 0.4) is 0 Å². The highest BCUT2D eigenvalue weighted by Gasteiger charge is 2.12. The van der Waals surface area contributed by atoms with E-state index in [1.807, 2.05) is 64.0 Å². The van der Waals surface area contributed by atoms with Crippen LogP contribution >= 0.6 is 11.6 Å². The van der Waals surface area contributed by atoms with Crippen LogP contribution in [-0.4, -0.2) is 30.6 Å². The van der Waals surface area contributed by atoms with Gasteiger partial charge in [0.05, 0.1) is 10.5 Å². The van der Waals surface area contributed by atoms with E-state index in [1.54, 1.807) is 12.1 Å². The fourth-order valence-electron chi connectivity index (χ4n) is 3.98. The van der Waals surface area contributed by atoms with Crippen molar-refractivity contribution in [3.8, 4) is 0 Å². The Morgan fingerprint density at radius 3 is 2.39 bits per heavy atom. The number of para-hydroxylation sites is 1. The van der Waals surface area contributed by atoms with E-state index in [0.717, 1.165) is 47.1 Å². The normalized spacial score (nSPS) is 13.5. The van der Waals surface area contributed by atoms with Crippen molar-refractivity contribution < 1.29 is 4.39 Å². The lowest BCUT2D eigenvalue weighted by molar-refractivity contribution is 0.342. The molecule has 4 nitrogen and oxygen atoms in total. The van der Waals surface area contributed by atoms with Gasteiger partial charge in [-0.3, -0.25) is 0 Å². The van der Waals surface area contributed by atoms with Gasteiger partial charge in [-0.1, -0.05) is 62.9 Å². The van der Waals surface area contributed by atoms with E-state index in [0.29, 0.717) is 0 Å². The molecule has 1 N–H and O–H groups in total. The molecule has 1 aromatic heterocycles. The third kappa shape index (κ3) is 8.56. The van der Waals surface area contributed by atoms with Crippen LogP contribution in [0.4, 0.5) is 10.2 Å². The summed E-state index contributed by atoms with van der Waals surface area (Å²) in [4.78, 5) is 10.8. The average molecular weight is 473 g/mol. The molecule has 33 heavy (non-hydrogen) atoms. The Morgan fingerprint density at radius 2 is 1.73 bits per heavy atom. The van der Waals surface area contributed by atoms with E-state index in [9.17, 15) is 4.39 Å². The zero-order valence-electron chi connectivity index (χ0n) is 20.7. The van der Waals surface area contributed by atoms with Gasteiger partial charge in [-0.25, -0.2) is 14.4 Å². The fraction of sp³-hybridized carbons (Fsp3) is 0.481. The molecule has 1 aliphatic carbocycles. The van der Waals surface area contributed by atoms with E-state index in [1.165, 1.54) is 38.2 Å². The molecule has 3 aromatic rings. The number of aryl methyl sites for hydroxylation is 1. The van der Waals surface area contributed by atoms with Crippen molar-refractivity contribution in [1.82, 2.24) is 15.3 Å². The van der Waals surface area contributed by atoms with Gasteiger partial charge in [0.2, 0.25) is 0 Å². The molecule has 0 spiro atoms. The van der Waals surface area contributed by atoms with Crippen molar-refractivity contribution in [2.75, 3.05) is 25.5 Å². The lowest BCUT2D eigenvalue weighted by Crippen LogP contribution is -2.24. The maximum Gasteiger partial charge on any atom is 0.141 e. The van der Waals surface area contributed by atoms with Crippen LogP contribution in [-0.2, 0) is 6.54 Å². The minimum atomic E-state index is -0.345. The van der Waals surface area contributed by atoms with Crippen LogP contribution < -0.4 is 10.2 Å². The summed E-state index contributed by atoms with van der Waals surface area (Å²) in [6.45, 7) is 7.75. The number of hydrogen-bond acceptors (Lipinski definition) is 4. The van der Waals surface area contributed by atoms with Crippen molar-refractivity contribution in [3.05, 3.63) is 64.7 Å². The van der Waals surface area contributed by atoms with Gasteiger partial charge in [0, 0.05) is 26.0 Å². The van der Waals surface area contributed by atoms with Crippen molar-refractivity contribution in [1.29, 1.82) is 0 Å². The Hall–Kier alpha value is -2.24. The number of rotatable bonds is 5. The molecule has 0 saturated heterocycles. The first-order chi connectivity index (χ1) is 15.9. The van der Waals surface area contributed by atoms with Gasteiger partial charge in [0.15, 0.2) is 0 Å². The summed E-state index contributed by atoms with van der Waals surface area (Å²) in [5.41, 5.74) is 2.05. The molecule has 180 valence electrons. The van der Waals surface area contributed by atoms with Gasteiger partial charge < -0.3 is 10.2 Å². The van der Waals surface area contributed by atoms with Crippen molar-refractivity contribution in [2.24, 2.45) is 5.92 Å². The smallest absolute Gasteiger partial charge is 0.141 e. The number of nitrogens with one attached hydrogen (secondary N) is 1. The Kier molecular flexibility index (Phi) is 11.6. The number of benzene rings is 2. The molecule has 1 aliphatic rings. The molecule has 4 rings (SSSR count). The highest BCUT2D eigenvalue weighted by molar-refractivity contribution is 6.30. The van der Waals surface area contributed by atoms with Crippen LogP contribution in [0.1, 0.15) is 57.3 Å². The van der Waals surface area contributed by atoms with Crippen LogP contribution in [0.5, 0.6) is 0 Å². The van der Waals surface area contributed by atoms with Crippen LogP contribution in [0.25, 0.3) is 10.9 Å². The van der Waals surface area contributed by atoms with Gasteiger partial charge in [0.1, 0.15) is 17.5 Å². The van der Waals surface area contributed by atoms with Gasteiger partial charge >= 0.3 is 0 Å². The maximum absolute atomic E-state index is 13.0. The second-order valence-corrected chi connectivity index (χ2v) is 8.80. The first-order valence-electron chi connectivity index (χ1n) is 12.0. The Labute approximate surface area is 203 Å². The van der Waals surface area contributed by atoms with E-state index >= 15 is 0 Å².